The van der Waals surface area contributed by atoms with Crippen LogP contribution in [-0.2, 0) is 4.79 Å². The van der Waals surface area contributed by atoms with Gasteiger partial charge in [0.05, 0.1) is 12.2 Å². The van der Waals surface area contributed by atoms with Gasteiger partial charge in [-0.25, -0.2) is 15.0 Å². The number of H-pyrrole nitrogens is 1. The van der Waals surface area contributed by atoms with Gasteiger partial charge in [0.2, 0.25) is 5.91 Å². The molecular weight excluding hydrogens is 304 g/mol. The van der Waals surface area contributed by atoms with Gasteiger partial charge in [-0.1, -0.05) is 12.8 Å². The van der Waals surface area contributed by atoms with Crippen LogP contribution in [0.2, 0.25) is 0 Å². The molecule has 128 valence electrons. The highest BCUT2D eigenvalue weighted by atomic mass is 16.2. The van der Waals surface area contributed by atoms with Crippen LogP contribution in [0.4, 0.5) is 5.82 Å². The molecule has 2 aromatic heterocycles. The molecule has 1 N–H and O–H groups in total. The zero-order chi connectivity index (χ0) is 16.4. The van der Waals surface area contributed by atoms with Crippen LogP contribution in [0.15, 0.2) is 12.7 Å². The Balaban J connectivity index is 1.51. The third kappa shape index (κ3) is 2.95. The van der Waals surface area contributed by atoms with Gasteiger partial charge in [0.1, 0.15) is 11.8 Å². The molecule has 1 atom stereocenters. The number of rotatable bonds is 2. The Morgan fingerprint density at radius 2 is 1.88 bits per heavy atom. The highest BCUT2D eigenvalue weighted by molar-refractivity contribution is 5.84. The quantitative estimate of drug-likeness (QED) is 0.912. The minimum Gasteiger partial charge on any atom is -0.354 e. The van der Waals surface area contributed by atoms with E-state index in [1.807, 2.05) is 0 Å². The number of hydrogen-bond acceptors (Lipinski definition) is 5. The normalized spacial score (nSPS) is 22.6. The summed E-state index contributed by atoms with van der Waals surface area (Å²) in [6, 6.07) is 0. The van der Waals surface area contributed by atoms with Crippen LogP contribution >= 0.6 is 0 Å². The number of hydrogen-bond donors (Lipinski definition) is 1. The van der Waals surface area contributed by atoms with E-state index in [1.54, 1.807) is 12.7 Å². The molecule has 2 fully saturated rings. The summed E-state index contributed by atoms with van der Waals surface area (Å²) in [5.74, 6) is 1.27. The summed E-state index contributed by atoms with van der Waals surface area (Å²) in [6.45, 7) is 3.51. The molecule has 0 saturated carbocycles. The Labute approximate surface area is 141 Å². The number of carbonyl (C=O) groups excluding carboxylic acids is 1. The summed E-state index contributed by atoms with van der Waals surface area (Å²) in [5, 5.41) is 0. The molecule has 7 heteroatoms. The monoisotopic (exact) mass is 328 g/mol. The number of amides is 1. The fourth-order valence-electron chi connectivity index (χ4n) is 3.91. The van der Waals surface area contributed by atoms with Crippen LogP contribution < -0.4 is 4.90 Å². The molecule has 2 aliphatic heterocycles. The molecule has 24 heavy (non-hydrogen) atoms. The fourth-order valence-corrected chi connectivity index (χ4v) is 3.91. The van der Waals surface area contributed by atoms with E-state index in [-0.39, 0.29) is 5.92 Å². The predicted octanol–water partition coefficient (Wildman–Crippen LogP) is 1.97. The molecule has 2 aromatic rings. The van der Waals surface area contributed by atoms with Crippen LogP contribution in [0.25, 0.3) is 11.2 Å². The van der Waals surface area contributed by atoms with E-state index < -0.39 is 0 Å². The molecular formula is C17H24N6O. The maximum atomic E-state index is 12.9. The molecule has 1 unspecified atom stereocenters. The number of aromatic nitrogens is 4. The third-order valence-electron chi connectivity index (χ3n) is 5.19. The van der Waals surface area contributed by atoms with Crippen LogP contribution in [-0.4, -0.2) is 56.9 Å². The van der Waals surface area contributed by atoms with Crippen molar-refractivity contribution in [2.45, 2.75) is 38.5 Å². The number of fused-ring (bicyclic) bond motifs is 1. The lowest BCUT2D eigenvalue weighted by Gasteiger charge is -2.35. The van der Waals surface area contributed by atoms with Gasteiger partial charge >= 0.3 is 0 Å². The van der Waals surface area contributed by atoms with Crippen molar-refractivity contribution in [3.63, 3.8) is 0 Å². The average molecular weight is 328 g/mol. The third-order valence-corrected chi connectivity index (χ3v) is 5.19. The van der Waals surface area contributed by atoms with Gasteiger partial charge in [0.15, 0.2) is 11.5 Å². The largest absolute Gasteiger partial charge is 0.354 e. The van der Waals surface area contributed by atoms with Crippen molar-refractivity contribution in [2.75, 3.05) is 31.1 Å². The molecule has 2 aliphatic rings. The lowest BCUT2D eigenvalue weighted by atomic mass is 9.96. The van der Waals surface area contributed by atoms with Crippen molar-refractivity contribution in [1.82, 2.24) is 24.8 Å². The molecule has 0 radical (unpaired) electrons. The number of nitrogens with one attached hydrogen (secondary N) is 1. The van der Waals surface area contributed by atoms with Crippen molar-refractivity contribution in [3.8, 4) is 0 Å². The second kappa shape index (κ2) is 6.75. The summed E-state index contributed by atoms with van der Waals surface area (Å²) in [7, 11) is 0. The highest BCUT2D eigenvalue weighted by Crippen LogP contribution is 2.27. The number of anilines is 1. The summed E-state index contributed by atoms with van der Waals surface area (Å²) in [6.07, 6.45) is 9.97. The van der Waals surface area contributed by atoms with E-state index in [9.17, 15) is 4.79 Å². The highest BCUT2D eigenvalue weighted by Gasteiger charge is 2.30. The van der Waals surface area contributed by atoms with Gasteiger partial charge in [-0.15, -0.1) is 0 Å². The van der Waals surface area contributed by atoms with Gasteiger partial charge < -0.3 is 14.8 Å². The number of imidazole rings is 1. The Kier molecular flexibility index (Phi) is 4.32. The molecule has 4 rings (SSSR count). The number of nitrogens with zero attached hydrogens (tertiary/aromatic N) is 5. The molecule has 0 aliphatic carbocycles. The topological polar surface area (TPSA) is 78.0 Å². The fraction of sp³-hybridized carbons (Fsp3) is 0.647. The van der Waals surface area contributed by atoms with Crippen LogP contribution in [0, 0.1) is 5.92 Å². The smallest absolute Gasteiger partial charge is 0.227 e. The van der Waals surface area contributed by atoms with Gasteiger partial charge in [-0.05, 0) is 25.7 Å². The van der Waals surface area contributed by atoms with E-state index >= 15 is 0 Å². The van der Waals surface area contributed by atoms with E-state index in [0.717, 1.165) is 63.2 Å². The van der Waals surface area contributed by atoms with E-state index in [0.29, 0.717) is 11.6 Å². The zero-order valence-corrected chi connectivity index (χ0v) is 13.9. The number of piperidine rings is 1. The minimum absolute atomic E-state index is 0.0739. The van der Waals surface area contributed by atoms with Crippen molar-refractivity contribution in [3.05, 3.63) is 12.7 Å². The van der Waals surface area contributed by atoms with Crippen LogP contribution in [0.3, 0.4) is 0 Å². The molecule has 0 bridgehead atoms. The van der Waals surface area contributed by atoms with Gasteiger partial charge in [0.25, 0.3) is 0 Å². The van der Waals surface area contributed by atoms with Crippen molar-refractivity contribution < 1.29 is 4.79 Å². The Hall–Kier alpha value is -2.18. The first-order valence-electron chi connectivity index (χ1n) is 9.01. The lowest BCUT2D eigenvalue weighted by Crippen LogP contribution is -2.45. The van der Waals surface area contributed by atoms with Crippen molar-refractivity contribution in [1.29, 1.82) is 0 Å². The molecule has 2 saturated heterocycles. The molecule has 1 amide bonds. The summed E-state index contributed by atoms with van der Waals surface area (Å²) < 4.78 is 0. The standard InChI is InChI=1S/C17H24N6O/c24-17(22-7-3-1-2-4-8-22)13-6-5-9-23(10-13)16-14-15(19-11-18-14)20-12-21-16/h11-13H,1-10H2,(H,18,19,20,21). The van der Waals surface area contributed by atoms with E-state index in [4.69, 9.17) is 0 Å². The van der Waals surface area contributed by atoms with Crippen LogP contribution in [0.1, 0.15) is 38.5 Å². The van der Waals surface area contributed by atoms with Crippen molar-refractivity contribution >= 4 is 22.9 Å². The molecule has 7 nitrogen and oxygen atoms in total. The number of likely N-dealkylation sites (tertiary alicyclic amines) is 1. The summed E-state index contributed by atoms with van der Waals surface area (Å²) in [4.78, 5) is 33.2. The zero-order valence-electron chi connectivity index (χ0n) is 13.9. The first-order chi connectivity index (χ1) is 11.8. The average Bonchev–Trinajstić information content (AvgIpc) is 2.95. The molecule has 0 spiro atoms. The first kappa shape index (κ1) is 15.4. The maximum absolute atomic E-state index is 12.9. The van der Waals surface area contributed by atoms with Crippen molar-refractivity contribution in [2.24, 2.45) is 5.92 Å². The Morgan fingerprint density at radius 1 is 1.04 bits per heavy atom. The molecule has 4 heterocycles. The summed E-state index contributed by atoms with van der Waals surface area (Å²) >= 11 is 0. The number of carbonyl (C=O) groups is 1. The number of aromatic amines is 1. The Bertz CT molecular complexity index is 706. The predicted molar refractivity (Wildman–Crippen MR) is 91.7 cm³/mol. The maximum Gasteiger partial charge on any atom is 0.227 e. The van der Waals surface area contributed by atoms with E-state index in [2.05, 4.69) is 29.7 Å². The lowest BCUT2D eigenvalue weighted by molar-refractivity contribution is -0.135. The summed E-state index contributed by atoms with van der Waals surface area (Å²) in [5.41, 5.74) is 1.54. The SMILES string of the molecule is O=C(C1CCCN(c2ncnc3nc[nH]c23)C1)N1CCCCCC1. The Morgan fingerprint density at radius 3 is 2.71 bits per heavy atom. The van der Waals surface area contributed by atoms with Gasteiger partial charge in [0, 0.05) is 26.2 Å². The first-order valence-corrected chi connectivity index (χ1v) is 9.01. The van der Waals surface area contributed by atoms with Crippen LogP contribution in [0.5, 0.6) is 0 Å². The van der Waals surface area contributed by atoms with Gasteiger partial charge in [-0.2, -0.15) is 0 Å². The minimum atomic E-state index is 0.0739. The second-order valence-electron chi connectivity index (χ2n) is 6.82. The van der Waals surface area contributed by atoms with Gasteiger partial charge in [-0.3, -0.25) is 4.79 Å². The molecule has 0 aromatic carbocycles. The van der Waals surface area contributed by atoms with E-state index in [1.165, 1.54) is 12.8 Å². The second-order valence-corrected chi connectivity index (χ2v) is 6.82.